The van der Waals surface area contributed by atoms with Crippen molar-refractivity contribution in [2.45, 2.75) is 13.8 Å². The molecule has 0 aliphatic rings. The molecule has 0 unspecified atom stereocenters. The van der Waals surface area contributed by atoms with Gasteiger partial charge in [0.2, 0.25) is 5.95 Å². The van der Waals surface area contributed by atoms with E-state index in [9.17, 15) is 4.39 Å². The number of halogens is 1. The molecular weight excluding hydrogens is 245 g/mol. The SMILES string of the molecule is Cc1ccc(F)c(-n2c(N)nc3c(C)nn(C)c32)c1. The van der Waals surface area contributed by atoms with Crippen molar-refractivity contribution in [3.8, 4) is 5.69 Å². The zero-order chi connectivity index (χ0) is 13.7. The minimum absolute atomic E-state index is 0.260. The third-order valence-electron chi connectivity index (χ3n) is 3.17. The van der Waals surface area contributed by atoms with Gasteiger partial charge in [-0.25, -0.2) is 14.1 Å². The van der Waals surface area contributed by atoms with E-state index in [1.807, 2.05) is 13.8 Å². The number of nitrogen functional groups attached to an aromatic ring is 1. The number of fused-ring (bicyclic) bond motifs is 1. The van der Waals surface area contributed by atoms with E-state index in [0.717, 1.165) is 11.3 Å². The minimum atomic E-state index is -0.338. The Hall–Kier alpha value is -2.37. The molecule has 0 spiro atoms. The largest absolute Gasteiger partial charge is 0.369 e. The first-order chi connectivity index (χ1) is 8.99. The molecule has 3 rings (SSSR count). The lowest BCUT2D eigenvalue weighted by Crippen LogP contribution is -2.06. The van der Waals surface area contributed by atoms with E-state index in [2.05, 4.69) is 10.1 Å². The molecule has 98 valence electrons. The molecule has 3 aromatic rings. The maximum Gasteiger partial charge on any atom is 0.207 e. The Kier molecular flexibility index (Phi) is 2.35. The summed E-state index contributed by atoms with van der Waals surface area (Å²) in [4.78, 5) is 4.27. The van der Waals surface area contributed by atoms with Gasteiger partial charge in [-0.1, -0.05) is 6.07 Å². The quantitative estimate of drug-likeness (QED) is 0.728. The Labute approximate surface area is 109 Å². The monoisotopic (exact) mass is 259 g/mol. The molecule has 0 aliphatic carbocycles. The third-order valence-corrected chi connectivity index (χ3v) is 3.17. The molecule has 0 bridgehead atoms. The van der Waals surface area contributed by atoms with Gasteiger partial charge in [-0.2, -0.15) is 5.10 Å². The number of rotatable bonds is 1. The number of benzene rings is 1. The lowest BCUT2D eigenvalue weighted by Gasteiger charge is -2.09. The molecule has 0 radical (unpaired) electrons. The van der Waals surface area contributed by atoms with Gasteiger partial charge in [-0.3, -0.25) is 4.57 Å². The van der Waals surface area contributed by atoms with Crippen LogP contribution >= 0.6 is 0 Å². The molecule has 0 saturated heterocycles. The molecular formula is C13H14FN5. The lowest BCUT2D eigenvalue weighted by atomic mass is 10.2. The van der Waals surface area contributed by atoms with Crippen molar-refractivity contribution < 1.29 is 4.39 Å². The second kappa shape index (κ2) is 3.81. The van der Waals surface area contributed by atoms with E-state index >= 15 is 0 Å². The van der Waals surface area contributed by atoms with Gasteiger partial charge in [-0.05, 0) is 31.5 Å². The van der Waals surface area contributed by atoms with Gasteiger partial charge in [0.05, 0.1) is 11.4 Å². The summed E-state index contributed by atoms with van der Waals surface area (Å²) in [5.41, 5.74) is 9.44. The number of imidazole rings is 1. The van der Waals surface area contributed by atoms with E-state index < -0.39 is 0 Å². The summed E-state index contributed by atoms with van der Waals surface area (Å²) in [6.45, 7) is 3.76. The third kappa shape index (κ3) is 1.60. The second-order valence-corrected chi connectivity index (χ2v) is 4.64. The lowest BCUT2D eigenvalue weighted by molar-refractivity contribution is 0.617. The number of aryl methyl sites for hydroxylation is 3. The molecule has 0 atom stereocenters. The number of nitrogens with two attached hydrogens (primary N) is 1. The van der Waals surface area contributed by atoms with Crippen molar-refractivity contribution in [2.75, 3.05) is 5.73 Å². The highest BCUT2D eigenvalue weighted by Gasteiger charge is 2.18. The van der Waals surface area contributed by atoms with Crippen LogP contribution in [0.3, 0.4) is 0 Å². The number of hydrogen-bond acceptors (Lipinski definition) is 3. The van der Waals surface area contributed by atoms with Crippen LogP contribution in [0.15, 0.2) is 18.2 Å². The molecule has 2 heterocycles. The van der Waals surface area contributed by atoms with Crippen molar-refractivity contribution in [1.82, 2.24) is 19.3 Å². The summed E-state index contributed by atoms with van der Waals surface area (Å²) in [6.07, 6.45) is 0. The molecule has 2 N–H and O–H groups in total. The first-order valence-corrected chi connectivity index (χ1v) is 5.93. The summed E-state index contributed by atoms with van der Waals surface area (Å²) >= 11 is 0. The fourth-order valence-electron chi connectivity index (χ4n) is 2.32. The zero-order valence-electron chi connectivity index (χ0n) is 11.0. The molecule has 0 fully saturated rings. The van der Waals surface area contributed by atoms with Gasteiger partial charge >= 0.3 is 0 Å². The van der Waals surface area contributed by atoms with E-state index in [0.29, 0.717) is 16.9 Å². The van der Waals surface area contributed by atoms with Crippen LogP contribution in [0, 0.1) is 19.7 Å². The van der Waals surface area contributed by atoms with Gasteiger partial charge in [0.25, 0.3) is 0 Å². The Bertz CT molecular complexity index is 784. The average molecular weight is 259 g/mol. The van der Waals surface area contributed by atoms with Crippen LogP contribution in [0.4, 0.5) is 10.3 Å². The molecule has 0 amide bonds. The van der Waals surface area contributed by atoms with Crippen LogP contribution < -0.4 is 5.73 Å². The van der Waals surface area contributed by atoms with Crippen molar-refractivity contribution >= 4 is 17.1 Å². The smallest absolute Gasteiger partial charge is 0.207 e. The highest BCUT2D eigenvalue weighted by Crippen LogP contribution is 2.26. The van der Waals surface area contributed by atoms with E-state index in [1.54, 1.807) is 28.4 Å². The summed E-state index contributed by atoms with van der Waals surface area (Å²) in [5, 5.41) is 4.28. The predicted molar refractivity (Wildman–Crippen MR) is 71.7 cm³/mol. The molecule has 0 saturated carbocycles. The molecule has 0 aliphatic heterocycles. The summed E-state index contributed by atoms with van der Waals surface area (Å²) in [6, 6.07) is 4.89. The van der Waals surface area contributed by atoms with E-state index in [1.165, 1.54) is 6.07 Å². The van der Waals surface area contributed by atoms with Gasteiger partial charge in [-0.15, -0.1) is 0 Å². The van der Waals surface area contributed by atoms with Crippen molar-refractivity contribution in [3.05, 3.63) is 35.3 Å². The highest BCUT2D eigenvalue weighted by atomic mass is 19.1. The zero-order valence-corrected chi connectivity index (χ0v) is 11.0. The fraction of sp³-hybridized carbons (Fsp3) is 0.231. The summed E-state index contributed by atoms with van der Waals surface area (Å²) < 4.78 is 17.3. The minimum Gasteiger partial charge on any atom is -0.369 e. The van der Waals surface area contributed by atoms with Crippen LogP contribution in [-0.4, -0.2) is 19.3 Å². The van der Waals surface area contributed by atoms with Crippen LogP contribution in [0.5, 0.6) is 0 Å². The molecule has 1 aromatic carbocycles. The van der Waals surface area contributed by atoms with E-state index in [-0.39, 0.29) is 11.8 Å². The number of hydrogen-bond donors (Lipinski definition) is 1. The Balaban J connectivity index is 2.42. The first-order valence-electron chi connectivity index (χ1n) is 5.93. The average Bonchev–Trinajstić information content (AvgIpc) is 2.81. The van der Waals surface area contributed by atoms with E-state index in [4.69, 9.17) is 5.73 Å². The Morgan fingerprint density at radius 2 is 2.00 bits per heavy atom. The Morgan fingerprint density at radius 1 is 1.26 bits per heavy atom. The topological polar surface area (TPSA) is 61.7 Å². The maximum atomic E-state index is 14.0. The number of anilines is 1. The summed E-state index contributed by atoms with van der Waals surface area (Å²) in [5.74, 6) is -0.0777. The molecule has 19 heavy (non-hydrogen) atoms. The predicted octanol–water partition coefficient (Wildman–Crippen LogP) is 2.10. The standard InChI is InChI=1S/C13H14FN5/c1-7-4-5-9(14)10(6-7)19-12-11(16-13(19)15)8(2)17-18(12)3/h4-6H,1-3H3,(H2,15,16). The Morgan fingerprint density at radius 3 is 2.74 bits per heavy atom. The fourth-order valence-corrected chi connectivity index (χ4v) is 2.32. The van der Waals surface area contributed by atoms with Crippen LogP contribution in [0.25, 0.3) is 16.9 Å². The van der Waals surface area contributed by atoms with Crippen LogP contribution in [0.1, 0.15) is 11.3 Å². The summed E-state index contributed by atoms with van der Waals surface area (Å²) in [7, 11) is 1.79. The van der Waals surface area contributed by atoms with Gasteiger partial charge < -0.3 is 5.73 Å². The van der Waals surface area contributed by atoms with Crippen molar-refractivity contribution in [1.29, 1.82) is 0 Å². The maximum absolute atomic E-state index is 14.0. The second-order valence-electron chi connectivity index (χ2n) is 4.64. The molecule has 5 nitrogen and oxygen atoms in total. The first kappa shape index (κ1) is 11.7. The number of nitrogens with zero attached hydrogens (tertiary/aromatic N) is 4. The number of aromatic nitrogens is 4. The highest BCUT2D eigenvalue weighted by molar-refractivity contribution is 5.80. The van der Waals surface area contributed by atoms with Crippen molar-refractivity contribution in [3.63, 3.8) is 0 Å². The van der Waals surface area contributed by atoms with Gasteiger partial charge in [0, 0.05) is 7.05 Å². The van der Waals surface area contributed by atoms with Crippen LogP contribution in [0.2, 0.25) is 0 Å². The normalized spacial score (nSPS) is 11.4. The van der Waals surface area contributed by atoms with Gasteiger partial charge in [0.1, 0.15) is 11.3 Å². The molecule has 2 aromatic heterocycles. The van der Waals surface area contributed by atoms with Crippen molar-refractivity contribution in [2.24, 2.45) is 7.05 Å². The molecule has 6 heteroatoms. The van der Waals surface area contributed by atoms with Crippen LogP contribution in [-0.2, 0) is 7.05 Å². The van der Waals surface area contributed by atoms with Gasteiger partial charge in [0.15, 0.2) is 5.65 Å².